The summed E-state index contributed by atoms with van der Waals surface area (Å²) in [7, 11) is 0. The second-order valence-electron chi connectivity index (χ2n) is 4.33. The van der Waals surface area contributed by atoms with Crippen LogP contribution in [0, 0.1) is 0 Å². The minimum Gasteiger partial charge on any atom is -0.506 e. The lowest BCUT2D eigenvalue weighted by molar-refractivity contribution is 0.476. The van der Waals surface area contributed by atoms with Crippen LogP contribution in [0.3, 0.4) is 0 Å². The summed E-state index contributed by atoms with van der Waals surface area (Å²) in [5, 5.41) is 16.1. The van der Waals surface area contributed by atoms with Crippen molar-refractivity contribution in [2.24, 2.45) is 0 Å². The zero-order valence-corrected chi connectivity index (χ0v) is 11.1. The minimum absolute atomic E-state index is 0. The van der Waals surface area contributed by atoms with Gasteiger partial charge in [-0.25, -0.2) is 0 Å². The normalized spacial score (nSPS) is 10.1. The van der Waals surface area contributed by atoms with Crippen molar-refractivity contribution in [3.63, 3.8) is 0 Å². The molecular weight excluding hydrogens is 224 g/mol. The number of rotatable bonds is 4. The number of halogens is 1. The van der Waals surface area contributed by atoms with Gasteiger partial charge in [0.15, 0.2) is 0 Å². The van der Waals surface area contributed by atoms with Gasteiger partial charge in [-0.3, -0.25) is 0 Å². The van der Waals surface area contributed by atoms with Crippen molar-refractivity contribution >= 4 is 23.8 Å². The van der Waals surface area contributed by atoms with E-state index in [4.69, 9.17) is 0 Å². The number of anilines is 2. The quantitative estimate of drug-likeness (QED) is 0.562. The Labute approximate surface area is 104 Å². The Kier molecular flexibility index (Phi) is 6.04. The average molecular weight is 245 g/mol. The first kappa shape index (κ1) is 14.9. The molecule has 0 bridgehead atoms. The van der Waals surface area contributed by atoms with Crippen molar-refractivity contribution < 1.29 is 5.11 Å². The fraction of sp³-hybridized carbons (Fsp3) is 0.500. The Morgan fingerprint density at radius 2 is 1.56 bits per heavy atom. The third kappa shape index (κ3) is 4.62. The van der Waals surface area contributed by atoms with Crippen LogP contribution in [0.1, 0.15) is 27.7 Å². The molecule has 0 amide bonds. The first-order valence-electron chi connectivity index (χ1n) is 5.35. The maximum atomic E-state index is 9.63. The van der Waals surface area contributed by atoms with E-state index < -0.39 is 0 Å². The standard InChI is InChI=1S/C12H20N2O.ClH/c1-8(2)13-10-5-6-12(15)11(7-10)14-9(3)4;/h5-9,13-15H,1-4H3;1H. The zero-order chi connectivity index (χ0) is 11.4. The van der Waals surface area contributed by atoms with Gasteiger partial charge in [-0.2, -0.15) is 0 Å². The second kappa shape index (κ2) is 6.48. The molecule has 0 aliphatic heterocycles. The predicted octanol–water partition coefficient (Wildman–Crippen LogP) is 3.45. The van der Waals surface area contributed by atoms with E-state index in [2.05, 4.69) is 24.5 Å². The smallest absolute Gasteiger partial charge is 0.138 e. The van der Waals surface area contributed by atoms with Crippen LogP contribution >= 0.6 is 12.4 Å². The number of aromatic hydroxyl groups is 1. The van der Waals surface area contributed by atoms with Crippen molar-refractivity contribution in [2.75, 3.05) is 10.6 Å². The molecule has 0 saturated carbocycles. The van der Waals surface area contributed by atoms with E-state index in [1.54, 1.807) is 6.07 Å². The molecule has 0 aliphatic carbocycles. The Morgan fingerprint density at radius 1 is 1.00 bits per heavy atom. The van der Waals surface area contributed by atoms with Crippen LogP contribution in [-0.2, 0) is 0 Å². The van der Waals surface area contributed by atoms with Gasteiger partial charge in [-0.1, -0.05) is 0 Å². The Bertz CT molecular complexity index is 327. The van der Waals surface area contributed by atoms with Crippen LogP contribution in [0.25, 0.3) is 0 Å². The Hall–Kier alpha value is -1.09. The molecular formula is C12H21ClN2O. The van der Waals surface area contributed by atoms with Crippen LogP contribution in [0.5, 0.6) is 5.75 Å². The SMILES string of the molecule is CC(C)Nc1ccc(O)c(NC(C)C)c1.Cl. The van der Waals surface area contributed by atoms with Gasteiger partial charge in [0.25, 0.3) is 0 Å². The number of phenolic OH excluding ortho intramolecular Hbond substituents is 1. The van der Waals surface area contributed by atoms with Crippen LogP contribution in [0.4, 0.5) is 11.4 Å². The molecule has 0 heterocycles. The highest BCUT2D eigenvalue weighted by Gasteiger charge is 2.04. The third-order valence-electron chi connectivity index (χ3n) is 1.90. The summed E-state index contributed by atoms with van der Waals surface area (Å²) in [5.74, 6) is 0.290. The van der Waals surface area contributed by atoms with E-state index in [1.165, 1.54) is 0 Å². The molecule has 1 rings (SSSR count). The number of nitrogens with one attached hydrogen (secondary N) is 2. The number of phenols is 1. The lowest BCUT2D eigenvalue weighted by atomic mass is 10.2. The maximum Gasteiger partial charge on any atom is 0.138 e. The van der Waals surface area contributed by atoms with E-state index in [-0.39, 0.29) is 18.2 Å². The summed E-state index contributed by atoms with van der Waals surface area (Å²) in [4.78, 5) is 0. The summed E-state index contributed by atoms with van der Waals surface area (Å²) in [6.07, 6.45) is 0. The molecule has 0 fully saturated rings. The molecule has 92 valence electrons. The first-order chi connectivity index (χ1) is 6.99. The molecule has 1 aromatic carbocycles. The van der Waals surface area contributed by atoms with Gasteiger partial charge in [-0.15, -0.1) is 12.4 Å². The van der Waals surface area contributed by atoms with E-state index in [1.807, 2.05) is 26.0 Å². The van der Waals surface area contributed by atoms with Gasteiger partial charge in [-0.05, 0) is 45.9 Å². The van der Waals surface area contributed by atoms with E-state index in [9.17, 15) is 5.11 Å². The summed E-state index contributed by atoms with van der Waals surface area (Å²) in [5.41, 5.74) is 1.79. The molecule has 3 nitrogen and oxygen atoms in total. The fourth-order valence-electron chi connectivity index (χ4n) is 1.39. The molecule has 4 heteroatoms. The van der Waals surface area contributed by atoms with Crippen LogP contribution in [-0.4, -0.2) is 17.2 Å². The molecule has 0 saturated heterocycles. The molecule has 0 spiro atoms. The summed E-state index contributed by atoms with van der Waals surface area (Å²) in [6.45, 7) is 8.26. The highest BCUT2D eigenvalue weighted by atomic mass is 35.5. The topological polar surface area (TPSA) is 44.3 Å². The Morgan fingerprint density at radius 3 is 2.06 bits per heavy atom. The predicted molar refractivity (Wildman–Crippen MR) is 72.9 cm³/mol. The summed E-state index contributed by atoms with van der Waals surface area (Å²) < 4.78 is 0. The van der Waals surface area contributed by atoms with Gasteiger partial charge in [0.05, 0.1) is 5.69 Å². The summed E-state index contributed by atoms with van der Waals surface area (Å²) in [6, 6.07) is 6.21. The van der Waals surface area contributed by atoms with E-state index in [0.29, 0.717) is 12.1 Å². The summed E-state index contributed by atoms with van der Waals surface area (Å²) >= 11 is 0. The zero-order valence-electron chi connectivity index (χ0n) is 10.2. The van der Waals surface area contributed by atoms with Crippen LogP contribution in [0.2, 0.25) is 0 Å². The van der Waals surface area contributed by atoms with Crippen molar-refractivity contribution in [1.82, 2.24) is 0 Å². The molecule has 16 heavy (non-hydrogen) atoms. The molecule has 0 aromatic heterocycles. The first-order valence-corrected chi connectivity index (χ1v) is 5.35. The monoisotopic (exact) mass is 244 g/mol. The second-order valence-corrected chi connectivity index (χ2v) is 4.33. The maximum absolute atomic E-state index is 9.63. The van der Waals surface area contributed by atoms with Crippen molar-refractivity contribution in [2.45, 2.75) is 39.8 Å². The third-order valence-corrected chi connectivity index (χ3v) is 1.90. The van der Waals surface area contributed by atoms with Gasteiger partial charge >= 0.3 is 0 Å². The van der Waals surface area contributed by atoms with E-state index in [0.717, 1.165) is 11.4 Å². The lowest BCUT2D eigenvalue weighted by Gasteiger charge is -2.15. The number of benzene rings is 1. The average Bonchev–Trinajstić information content (AvgIpc) is 2.09. The Balaban J connectivity index is 0.00000225. The fourth-order valence-corrected chi connectivity index (χ4v) is 1.39. The van der Waals surface area contributed by atoms with Crippen molar-refractivity contribution in [1.29, 1.82) is 0 Å². The molecule has 0 aliphatic rings. The van der Waals surface area contributed by atoms with Gasteiger partial charge in [0.1, 0.15) is 5.75 Å². The molecule has 0 atom stereocenters. The molecule has 0 unspecified atom stereocenters. The lowest BCUT2D eigenvalue weighted by Crippen LogP contribution is -2.12. The molecule has 0 radical (unpaired) electrons. The van der Waals surface area contributed by atoms with Gasteiger partial charge in [0.2, 0.25) is 0 Å². The van der Waals surface area contributed by atoms with Crippen molar-refractivity contribution in [3.8, 4) is 5.75 Å². The highest BCUT2D eigenvalue weighted by Crippen LogP contribution is 2.27. The van der Waals surface area contributed by atoms with Gasteiger partial charge in [0, 0.05) is 17.8 Å². The minimum atomic E-state index is 0. The molecule has 1 aromatic rings. The number of hydrogen-bond donors (Lipinski definition) is 3. The van der Waals surface area contributed by atoms with Gasteiger partial charge < -0.3 is 15.7 Å². The van der Waals surface area contributed by atoms with E-state index >= 15 is 0 Å². The van der Waals surface area contributed by atoms with Crippen LogP contribution in [0.15, 0.2) is 18.2 Å². The number of hydrogen-bond acceptors (Lipinski definition) is 3. The van der Waals surface area contributed by atoms with Crippen LogP contribution < -0.4 is 10.6 Å². The molecule has 3 N–H and O–H groups in total. The van der Waals surface area contributed by atoms with Crippen molar-refractivity contribution in [3.05, 3.63) is 18.2 Å². The largest absolute Gasteiger partial charge is 0.506 e. The highest BCUT2D eigenvalue weighted by molar-refractivity contribution is 5.85.